The van der Waals surface area contributed by atoms with E-state index in [1.807, 2.05) is 13.0 Å². The van der Waals surface area contributed by atoms with Crippen molar-refractivity contribution in [2.75, 3.05) is 5.75 Å². The summed E-state index contributed by atoms with van der Waals surface area (Å²) in [6.45, 7) is 8.21. The SMILES string of the molecule is Cc1ccc(SCC(=O)c2cc(C)c(C)cc2C)cc1. The third-order valence-electron chi connectivity index (χ3n) is 3.53. The Hall–Kier alpha value is -1.54. The fourth-order valence-corrected chi connectivity index (χ4v) is 2.90. The van der Waals surface area contributed by atoms with Crippen LogP contribution in [0, 0.1) is 27.7 Å². The Morgan fingerprint density at radius 1 is 0.900 bits per heavy atom. The van der Waals surface area contributed by atoms with Gasteiger partial charge in [-0.3, -0.25) is 4.79 Å². The topological polar surface area (TPSA) is 17.1 Å². The second-order valence-electron chi connectivity index (χ2n) is 5.28. The molecular formula is C18H20OS. The second-order valence-corrected chi connectivity index (χ2v) is 6.33. The molecule has 0 fully saturated rings. The molecule has 0 bridgehead atoms. The molecule has 1 nitrogen and oxygen atoms in total. The van der Waals surface area contributed by atoms with Crippen LogP contribution in [0.5, 0.6) is 0 Å². The lowest BCUT2D eigenvalue weighted by atomic mass is 9.99. The zero-order valence-corrected chi connectivity index (χ0v) is 13.3. The molecule has 0 amide bonds. The molecule has 2 rings (SSSR count). The van der Waals surface area contributed by atoms with E-state index in [9.17, 15) is 4.79 Å². The number of aryl methyl sites for hydroxylation is 4. The van der Waals surface area contributed by atoms with Crippen LogP contribution in [-0.4, -0.2) is 11.5 Å². The Morgan fingerprint density at radius 2 is 1.50 bits per heavy atom. The van der Waals surface area contributed by atoms with E-state index in [1.165, 1.54) is 16.7 Å². The first-order valence-electron chi connectivity index (χ1n) is 6.78. The molecule has 0 heterocycles. The summed E-state index contributed by atoms with van der Waals surface area (Å²) in [7, 11) is 0. The van der Waals surface area contributed by atoms with Crippen molar-refractivity contribution in [1.82, 2.24) is 0 Å². The molecule has 0 aliphatic heterocycles. The Kier molecular flexibility index (Phi) is 4.66. The van der Waals surface area contributed by atoms with Crippen LogP contribution in [0.1, 0.15) is 32.6 Å². The highest BCUT2D eigenvalue weighted by Gasteiger charge is 2.11. The van der Waals surface area contributed by atoms with Crippen LogP contribution in [0.15, 0.2) is 41.3 Å². The average molecular weight is 284 g/mol. The zero-order valence-electron chi connectivity index (χ0n) is 12.5. The Balaban J connectivity index is 2.09. The first-order valence-corrected chi connectivity index (χ1v) is 7.76. The molecule has 2 heteroatoms. The third-order valence-corrected chi connectivity index (χ3v) is 4.54. The van der Waals surface area contributed by atoms with Crippen molar-refractivity contribution in [2.24, 2.45) is 0 Å². The summed E-state index contributed by atoms with van der Waals surface area (Å²) in [5.41, 5.74) is 5.59. The molecule has 104 valence electrons. The van der Waals surface area contributed by atoms with Gasteiger partial charge in [-0.2, -0.15) is 0 Å². The van der Waals surface area contributed by atoms with Gasteiger partial charge in [-0.1, -0.05) is 23.8 Å². The van der Waals surface area contributed by atoms with Crippen molar-refractivity contribution in [3.05, 3.63) is 64.2 Å². The van der Waals surface area contributed by atoms with Gasteiger partial charge in [0.2, 0.25) is 0 Å². The maximum atomic E-state index is 12.3. The predicted octanol–water partition coefficient (Wildman–Crippen LogP) is 4.90. The summed E-state index contributed by atoms with van der Waals surface area (Å²) in [6, 6.07) is 12.4. The minimum absolute atomic E-state index is 0.205. The molecule has 0 aromatic heterocycles. The van der Waals surface area contributed by atoms with Crippen LogP contribution in [0.2, 0.25) is 0 Å². The maximum Gasteiger partial charge on any atom is 0.173 e. The fraction of sp³-hybridized carbons (Fsp3) is 0.278. The van der Waals surface area contributed by atoms with E-state index < -0.39 is 0 Å². The number of hydrogen-bond acceptors (Lipinski definition) is 2. The Labute approximate surface area is 125 Å². The van der Waals surface area contributed by atoms with E-state index in [4.69, 9.17) is 0 Å². The fourth-order valence-electron chi connectivity index (χ4n) is 2.12. The van der Waals surface area contributed by atoms with E-state index in [0.29, 0.717) is 5.75 Å². The smallest absolute Gasteiger partial charge is 0.173 e. The molecular weight excluding hydrogens is 264 g/mol. The van der Waals surface area contributed by atoms with Crippen molar-refractivity contribution >= 4 is 17.5 Å². The van der Waals surface area contributed by atoms with E-state index in [-0.39, 0.29) is 5.78 Å². The lowest BCUT2D eigenvalue weighted by molar-refractivity contribution is 0.102. The first kappa shape index (κ1) is 14.9. The van der Waals surface area contributed by atoms with Gasteiger partial charge in [0, 0.05) is 10.5 Å². The summed E-state index contributed by atoms with van der Waals surface area (Å²) in [5.74, 6) is 0.697. The summed E-state index contributed by atoms with van der Waals surface area (Å²) >= 11 is 1.60. The molecule has 2 aromatic rings. The number of hydrogen-bond donors (Lipinski definition) is 0. The summed E-state index contributed by atoms with van der Waals surface area (Å²) < 4.78 is 0. The lowest BCUT2D eigenvalue weighted by Gasteiger charge is -2.09. The molecule has 0 N–H and O–H groups in total. The highest BCUT2D eigenvalue weighted by atomic mass is 32.2. The highest BCUT2D eigenvalue weighted by Crippen LogP contribution is 2.22. The maximum absolute atomic E-state index is 12.3. The van der Waals surface area contributed by atoms with Crippen LogP contribution in [-0.2, 0) is 0 Å². The molecule has 2 aromatic carbocycles. The largest absolute Gasteiger partial charge is 0.293 e. The third kappa shape index (κ3) is 3.51. The zero-order chi connectivity index (χ0) is 14.7. The van der Waals surface area contributed by atoms with Crippen LogP contribution in [0.3, 0.4) is 0 Å². The van der Waals surface area contributed by atoms with Crippen LogP contribution in [0.25, 0.3) is 0 Å². The number of rotatable bonds is 4. The van der Waals surface area contributed by atoms with Crippen molar-refractivity contribution in [3.63, 3.8) is 0 Å². The van der Waals surface area contributed by atoms with Crippen molar-refractivity contribution in [2.45, 2.75) is 32.6 Å². The molecule has 0 atom stereocenters. The quantitative estimate of drug-likeness (QED) is 0.587. The molecule has 0 saturated heterocycles. The number of benzene rings is 2. The number of carbonyl (C=O) groups excluding carboxylic acids is 1. The minimum atomic E-state index is 0.205. The van der Waals surface area contributed by atoms with E-state index in [1.54, 1.807) is 11.8 Å². The van der Waals surface area contributed by atoms with Gasteiger partial charge in [0.15, 0.2) is 5.78 Å². The molecule has 0 aliphatic carbocycles. The number of ketones is 1. The highest BCUT2D eigenvalue weighted by molar-refractivity contribution is 8.00. The lowest BCUT2D eigenvalue weighted by Crippen LogP contribution is -2.06. The summed E-state index contributed by atoms with van der Waals surface area (Å²) in [6.07, 6.45) is 0. The molecule has 0 aliphatic rings. The monoisotopic (exact) mass is 284 g/mol. The van der Waals surface area contributed by atoms with Crippen LogP contribution < -0.4 is 0 Å². The Bertz CT molecular complexity index is 627. The van der Waals surface area contributed by atoms with Crippen LogP contribution in [0.4, 0.5) is 0 Å². The van der Waals surface area contributed by atoms with Gasteiger partial charge in [0.1, 0.15) is 0 Å². The second kappa shape index (κ2) is 6.27. The molecule has 0 radical (unpaired) electrons. The molecule has 0 saturated carbocycles. The van der Waals surface area contributed by atoms with Crippen LogP contribution >= 0.6 is 11.8 Å². The van der Waals surface area contributed by atoms with E-state index in [0.717, 1.165) is 16.0 Å². The van der Waals surface area contributed by atoms with Crippen molar-refractivity contribution in [3.8, 4) is 0 Å². The number of Topliss-reactive ketones (excluding diaryl/α,β-unsaturated/α-hetero) is 1. The van der Waals surface area contributed by atoms with Crippen molar-refractivity contribution < 1.29 is 4.79 Å². The summed E-state index contributed by atoms with van der Waals surface area (Å²) in [5, 5.41) is 0. The average Bonchev–Trinajstić information content (AvgIpc) is 2.42. The number of thioether (sulfide) groups is 1. The van der Waals surface area contributed by atoms with Gasteiger partial charge >= 0.3 is 0 Å². The van der Waals surface area contributed by atoms with E-state index in [2.05, 4.69) is 51.1 Å². The van der Waals surface area contributed by atoms with Gasteiger partial charge in [-0.05, 0) is 62.6 Å². The molecule has 0 spiro atoms. The predicted molar refractivity (Wildman–Crippen MR) is 86.9 cm³/mol. The van der Waals surface area contributed by atoms with Gasteiger partial charge in [-0.25, -0.2) is 0 Å². The molecule has 20 heavy (non-hydrogen) atoms. The summed E-state index contributed by atoms with van der Waals surface area (Å²) in [4.78, 5) is 13.5. The standard InChI is InChI=1S/C18H20OS/c1-12-5-7-16(8-6-12)20-11-18(19)17-10-14(3)13(2)9-15(17)4/h5-10H,11H2,1-4H3. The van der Waals surface area contributed by atoms with E-state index >= 15 is 0 Å². The van der Waals surface area contributed by atoms with Gasteiger partial charge < -0.3 is 0 Å². The number of carbonyl (C=O) groups is 1. The minimum Gasteiger partial charge on any atom is -0.293 e. The van der Waals surface area contributed by atoms with Gasteiger partial charge in [0.05, 0.1) is 5.75 Å². The normalized spacial score (nSPS) is 10.6. The first-order chi connectivity index (χ1) is 9.47. The van der Waals surface area contributed by atoms with Gasteiger partial charge in [-0.15, -0.1) is 11.8 Å². The molecule has 0 unspecified atom stereocenters. The van der Waals surface area contributed by atoms with Gasteiger partial charge in [0.25, 0.3) is 0 Å². The Morgan fingerprint density at radius 3 is 2.15 bits per heavy atom. The van der Waals surface area contributed by atoms with Crippen molar-refractivity contribution in [1.29, 1.82) is 0 Å².